The van der Waals surface area contributed by atoms with Gasteiger partial charge in [0.2, 0.25) is 0 Å². The number of aryl methyl sites for hydroxylation is 1. The van der Waals surface area contributed by atoms with Crippen LogP contribution >= 0.6 is 0 Å². The number of nitrogens with one attached hydrogen (secondary N) is 2. The summed E-state index contributed by atoms with van der Waals surface area (Å²) in [4.78, 5) is 16.8. The SMILES string of the molecule is CCCc1cc(C(=O)N[C@H](c2cncc(OC)c2)C2CC(O)C2)n[nH]1. The van der Waals surface area contributed by atoms with Crippen molar-refractivity contribution in [3.05, 3.63) is 41.5 Å². The molecule has 2 aromatic rings. The number of carbonyl (C=O) groups excluding carboxylic acids is 1. The molecule has 1 saturated carbocycles. The van der Waals surface area contributed by atoms with E-state index in [4.69, 9.17) is 4.74 Å². The van der Waals surface area contributed by atoms with Crippen molar-refractivity contribution in [2.24, 2.45) is 5.92 Å². The molecule has 0 unspecified atom stereocenters. The highest BCUT2D eigenvalue weighted by Gasteiger charge is 2.36. The number of aromatic nitrogens is 3. The van der Waals surface area contributed by atoms with Gasteiger partial charge in [-0.3, -0.25) is 14.9 Å². The molecule has 1 amide bonds. The largest absolute Gasteiger partial charge is 0.495 e. The summed E-state index contributed by atoms with van der Waals surface area (Å²) < 4.78 is 5.24. The fraction of sp³-hybridized carbons (Fsp3) is 0.500. The lowest BCUT2D eigenvalue weighted by molar-refractivity contribution is 0.0234. The molecule has 1 aliphatic carbocycles. The summed E-state index contributed by atoms with van der Waals surface area (Å²) in [5.74, 6) is 0.580. The van der Waals surface area contributed by atoms with Crippen molar-refractivity contribution >= 4 is 5.91 Å². The molecule has 2 aromatic heterocycles. The van der Waals surface area contributed by atoms with E-state index in [0.717, 1.165) is 24.1 Å². The van der Waals surface area contributed by atoms with E-state index in [1.54, 1.807) is 25.6 Å². The van der Waals surface area contributed by atoms with Crippen molar-refractivity contribution in [3.8, 4) is 5.75 Å². The molecule has 0 aliphatic heterocycles. The summed E-state index contributed by atoms with van der Waals surface area (Å²) in [6.07, 6.45) is 6.21. The molecule has 3 N–H and O–H groups in total. The summed E-state index contributed by atoms with van der Waals surface area (Å²) in [7, 11) is 1.58. The van der Waals surface area contributed by atoms with Crippen LogP contribution in [0, 0.1) is 5.92 Å². The minimum atomic E-state index is -0.301. The number of amides is 1. The third-order valence-corrected chi connectivity index (χ3v) is 4.62. The molecule has 7 heteroatoms. The van der Waals surface area contributed by atoms with Crippen molar-refractivity contribution in [3.63, 3.8) is 0 Å². The second-order valence-electron chi connectivity index (χ2n) is 6.52. The highest BCUT2D eigenvalue weighted by Crippen LogP contribution is 2.38. The van der Waals surface area contributed by atoms with Crippen LogP contribution in [0.15, 0.2) is 24.5 Å². The number of aliphatic hydroxyl groups excluding tert-OH is 1. The summed E-state index contributed by atoms with van der Waals surface area (Å²) in [6, 6.07) is 3.43. The molecule has 0 spiro atoms. The van der Waals surface area contributed by atoms with Gasteiger partial charge >= 0.3 is 0 Å². The normalized spacial score (nSPS) is 20.6. The van der Waals surface area contributed by atoms with Crippen LogP contribution in [0.25, 0.3) is 0 Å². The number of methoxy groups -OCH3 is 1. The molecule has 25 heavy (non-hydrogen) atoms. The smallest absolute Gasteiger partial charge is 0.272 e. The van der Waals surface area contributed by atoms with Crippen LogP contribution in [0.4, 0.5) is 0 Å². The number of ether oxygens (including phenoxy) is 1. The number of hydrogen-bond acceptors (Lipinski definition) is 5. The van der Waals surface area contributed by atoms with Crippen LogP contribution in [0.1, 0.15) is 54.0 Å². The Balaban J connectivity index is 1.78. The van der Waals surface area contributed by atoms with E-state index in [0.29, 0.717) is 24.3 Å². The number of aliphatic hydroxyl groups is 1. The minimum absolute atomic E-state index is 0.168. The molecule has 1 atom stereocenters. The van der Waals surface area contributed by atoms with Gasteiger partial charge in [0.25, 0.3) is 5.91 Å². The predicted octanol–water partition coefficient (Wildman–Crippen LogP) is 2.01. The van der Waals surface area contributed by atoms with Gasteiger partial charge in [0.15, 0.2) is 0 Å². The van der Waals surface area contributed by atoms with Crippen LogP contribution in [-0.4, -0.2) is 39.4 Å². The first-order valence-corrected chi connectivity index (χ1v) is 8.62. The van der Waals surface area contributed by atoms with E-state index in [2.05, 4.69) is 27.4 Å². The van der Waals surface area contributed by atoms with E-state index >= 15 is 0 Å². The summed E-state index contributed by atoms with van der Waals surface area (Å²) >= 11 is 0. The molecule has 0 aromatic carbocycles. The molecule has 1 fully saturated rings. The van der Waals surface area contributed by atoms with Crippen LogP contribution in [0.3, 0.4) is 0 Å². The van der Waals surface area contributed by atoms with Crippen molar-refractivity contribution in [1.29, 1.82) is 0 Å². The lowest BCUT2D eigenvalue weighted by Crippen LogP contribution is -2.41. The molecule has 0 radical (unpaired) electrons. The molecule has 7 nitrogen and oxygen atoms in total. The molecule has 1 aliphatic rings. The molecule has 2 heterocycles. The zero-order valence-electron chi connectivity index (χ0n) is 14.5. The Morgan fingerprint density at radius 2 is 2.24 bits per heavy atom. The van der Waals surface area contributed by atoms with Crippen molar-refractivity contribution < 1.29 is 14.6 Å². The Morgan fingerprint density at radius 3 is 2.92 bits per heavy atom. The highest BCUT2D eigenvalue weighted by atomic mass is 16.5. The summed E-state index contributed by atoms with van der Waals surface area (Å²) in [5.41, 5.74) is 2.20. The maximum atomic E-state index is 12.6. The Bertz CT molecular complexity index is 725. The Hall–Kier alpha value is -2.41. The number of H-pyrrole nitrogens is 1. The van der Waals surface area contributed by atoms with Gasteiger partial charge in [-0.15, -0.1) is 0 Å². The number of hydrogen-bond donors (Lipinski definition) is 3. The van der Waals surface area contributed by atoms with Crippen LogP contribution in [0.2, 0.25) is 0 Å². The molecule has 134 valence electrons. The maximum Gasteiger partial charge on any atom is 0.272 e. The third-order valence-electron chi connectivity index (χ3n) is 4.62. The minimum Gasteiger partial charge on any atom is -0.495 e. The summed E-state index contributed by atoms with van der Waals surface area (Å²) in [5, 5.41) is 19.7. The van der Waals surface area contributed by atoms with Gasteiger partial charge in [0.1, 0.15) is 11.4 Å². The number of carbonyl (C=O) groups is 1. The van der Waals surface area contributed by atoms with Gasteiger partial charge in [0.05, 0.1) is 25.5 Å². The number of aromatic amines is 1. The van der Waals surface area contributed by atoms with Gasteiger partial charge in [-0.1, -0.05) is 13.3 Å². The fourth-order valence-electron chi connectivity index (χ4n) is 3.18. The van der Waals surface area contributed by atoms with Gasteiger partial charge < -0.3 is 15.2 Å². The van der Waals surface area contributed by atoms with E-state index < -0.39 is 0 Å². The monoisotopic (exact) mass is 344 g/mol. The van der Waals surface area contributed by atoms with Crippen molar-refractivity contribution in [1.82, 2.24) is 20.5 Å². The topological polar surface area (TPSA) is 100 Å². The second-order valence-corrected chi connectivity index (χ2v) is 6.52. The van der Waals surface area contributed by atoms with Gasteiger partial charge in [-0.25, -0.2) is 0 Å². The molecular weight excluding hydrogens is 320 g/mol. The van der Waals surface area contributed by atoms with Crippen LogP contribution in [-0.2, 0) is 6.42 Å². The van der Waals surface area contributed by atoms with Crippen molar-refractivity contribution in [2.45, 2.75) is 44.8 Å². The molecule has 0 saturated heterocycles. The lowest BCUT2D eigenvalue weighted by atomic mass is 9.75. The van der Waals surface area contributed by atoms with E-state index in [1.165, 1.54) is 0 Å². The summed E-state index contributed by atoms with van der Waals surface area (Å²) in [6.45, 7) is 2.08. The Labute approximate surface area is 146 Å². The highest BCUT2D eigenvalue weighted by molar-refractivity contribution is 5.92. The first kappa shape index (κ1) is 17.4. The van der Waals surface area contributed by atoms with Gasteiger partial charge in [-0.2, -0.15) is 5.10 Å². The third kappa shape index (κ3) is 3.99. The average molecular weight is 344 g/mol. The van der Waals surface area contributed by atoms with Crippen molar-refractivity contribution in [2.75, 3.05) is 7.11 Å². The predicted molar refractivity (Wildman–Crippen MR) is 92.3 cm³/mol. The molecule has 3 rings (SSSR count). The average Bonchev–Trinajstić information content (AvgIpc) is 3.06. The second kappa shape index (κ2) is 7.65. The molecular formula is C18H24N4O3. The standard InChI is InChI=1S/C18H24N4O3/c1-3-4-13-8-16(22-21-13)18(24)20-17(11-5-14(23)6-11)12-7-15(25-2)10-19-9-12/h7-11,14,17,23H,3-6H2,1-2H3,(H,20,24)(H,21,22)/t11?,14?,17-/m0/s1. The zero-order chi connectivity index (χ0) is 17.8. The quantitative estimate of drug-likeness (QED) is 0.713. The van der Waals surface area contributed by atoms with Crippen LogP contribution < -0.4 is 10.1 Å². The number of pyridine rings is 1. The Morgan fingerprint density at radius 1 is 1.44 bits per heavy atom. The van der Waals surface area contributed by atoms with E-state index in [9.17, 15) is 9.90 Å². The van der Waals surface area contributed by atoms with E-state index in [-0.39, 0.29) is 24.0 Å². The Kier molecular flexibility index (Phi) is 5.33. The number of nitrogens with zero attached hydrogens (tertiary/aromatic N) is 2. The first-order chi connectivity index (χ1) is 12.1. The van der Waals surface area contributed by atoms with E-state index in [1.807, 2.05) is 6.07 Å². The van der Waals surface area contributed by atoms with Gasteiger partial charge in [-0.05, 0) is 42.9 Å². The van der Waals surface area contributed by atoms with Crippen LogP contribution in [0.5, 0.6) is 5.75 Å². The number of rotatable bonds is 7. The van der Waals surface area contributed by atoms with Gasteiger partial charge in [0, 0.05) is 11.9 Å². The lowest BCUT2D eigenvalue weighted by Gasteiger charge is -2.38. The first-order valence-electron chi connectivity index (χ1n) is 8.62. The fourth-order valence-corrected chi connectivity index (χ4v) is 3.18. The maximum absolute atomic E-state index is 12.6. The molecule has 0 bridgehead atoms. The zero-order valence-corrected chi connectivity index (χ0v) is 14.5.